The Labute approximate surface area is 187 Å². The van der Waals surface area contributed by atoms with Crippen LogP contribution < -0.4 is 0 Å². The highest BCUT2D eigenvalue weighted by atomic mass is 79.9. The van der Waals surface area contributed by atoms with Crippen molar-refractivity contribution in [2.24, 2.45) is 4.99 Å². The summed E-state index contributed by atoms with van der Waals surface area (Å²) in [7, 11) is 4.06. The molecule has 0 saturated carbocycles. The first-order valence-corrected chi connectivity index (χ1v) is 11.3. The molecule has 0 bridgehead atoms. The van der Waals surface area contributed by atoms with E-state index in [4.69, 9.17) is 9.73 Å². The fourth-order valence-electron chi connectivity index (χ4n) is 3.84. The number of fused-ring (bicyclic) bond motifs is 1. The molecular formula is C21H22BrFN4O2S. The van der Waals surface area contributed by atoms with Gasteiger partial charge in [0.1, 0.15) is 11.9 Å². The zero-order valence-electron chi connectivity index (χ0n) is 16.9. The third-order valence-corrected chi connectivity index (χ3v) is 6.80. The fraction of sp³-hybridized carbons (Fsp3) is 0.381. The predicted molar refractivity (Wildman–Crippen MR) is 118 cm³/mol. The average molecular weight is 493 g/mol. The van der Waals surface area contributed by atoms with Crippen molar-refractivity contribution < 1.29 is 13.9 Å². The van der Waals surface area contributed by atoms with Crippen molar-refractivity contribution in [3.8, 4) is 0 Å². The van der Waals surface area contributed by atoms with E-state index in [-0.39, 0.29) is 24.4 Å². The quantitative estimate of drug-likeness (QED) is 0.590. The number of thiazole rings is 1. The van der Waals surface area contributed by atoms with Gasteiger partial charge in [-0.2, -0.15) is 0 Å². The van der Waals surface area contributed by atoms with Crippen molar-refractivity contribution in [1.82, 2.24) is 14.8 Å². The lowest BCUT2D eigenvalue weighted by molar-refractivity contribution is -0.139. The van der Waals surface area contributed by atoms with Gasteiger partial charge in [0.25, 0.3) is 0 Å². The van der Waals surface area contributed by atoms with Crippen molar-refractivity contribution in [3.05, 3.63) is 61.9 Å². The zero-order valence-corrected chi connectivity index (χ0v) is 19.3. The van der Waals surface area contributed by atoms with Crippen LogP contribution in [-0.4, -0.2) is 59.9 Å². The smallest absolute Gasteiger partial charge is 0.338 e. The maximum absolute atomic E-state index is 13.8. The monoisotopic (exact) mass is 492 g/mol. The van der Waals surface area contributed by atoms with Crippen LogP contribution in [0.5, 0.6) is 0 Å². The maximum atomic E-state index is 13.8. The third-order valence-electron chi connectivity index (χ3n) is 5.35. The lowest BCUT2D eigenvalue weighted by Crippen LogP contribution is -2.37. The van der Waals surface area contributed by atoms with Gasteiger partial charge in [0.05, 0.1) is 12.2 Å². The predicted octanol–water partition coefficient (Wildman–Crippen LogP) is 4.00. The van der Waals surface area contributed by atoms with Gasteiger partial charge >= 0.3 is 5.97 Å². The van der Waals surface area contributed by atoms with Crippen LogP contribution in [0.2, 0.25) is 0 Å². The number of ether oxygens (including phenoxy) is 1. The molecule has 0 amide bonds. The molecule has 6 nitrogen and oxygen atoms in total. The van der Waals surface area contributed by atoms with E-state index in [1.165, 1.54) is 23.5 Å². The van der Waals surface area contributed by atoms with Crippen molar-refractivity contribution in [1.29, 1.82) is 0 Å². The number of hydrogen-bond donors (Lipinski definition) is 0. The van der Waals surface area contributed by atoms with E-state index >= 15 is 0 Å². The standard InChI is InChI=1S/C21H22BrFN4O2S/c1-4-29-21(28)17-16-10-13(26(2)3)11-27(16)19(20-24-7-8-30-20)25-18(17)14-6-5-12(23)9-15(14)22/h5-9,13,18H,4,10-11H2,1-3H3/t13-,18-/m0/s1. The van der Waals surface area contributed by atoms with E-state index in [1.807, 2.05) is 19.5 Å². The Kier molecular flexibility index (Phi) is 6.04. The Bertz CT molecular complexity index is 1020. The highest BCUT2D eigenvalue weighted by Gasteiger charge is 2.42. The molecule has 1 saturated heterocycles. The minimum Gasteiger partial charge on any atom is -0.463 e. The Morgan fingerprint density at radius 2 is 2.23 bits per heavy atom. The van der Waals surface area contributed by atoms with Gasteiger partial charge in [-0.15, -0.1) is 11.3 Å². The molecule has 0 radical (unpaired) electrons. The van der Waals surface area contributed by atoms with Crippen LogP contribution in [0, 0.1) is 5.82 Å². The molecule has 2 aromatic rings. The van der Waals surface area contributed by atoms with E-state index in [2.05, 4.69) is 30.7 Å². The molecule has 0 aliphatic carbocycles. The van der Waals surface area contributed by atoms with Crippen molar-refractivity contribution in [2.75, 3.05) is 27.2 Å². The average Bonchev–Trinajstić information content (AvgIpc) is 3.37. The van der Waals surface area contributed by atoms with Crippen LogP contribution in [-0.2, 0) is 9.53 Å². The normalized spacial score (nSPS) is 21.1. The Hall–Kier alpha value is -2.10. The van der Waals surface area contributed by atoms with Crippen molar-refractivity contribution >= 4 is 39.1 Å². The molecule has 158 valence electrons. The fourth-order valence-corrected chi connectivity index (χ4v) is 5.05. The number of hydrogen-bond acceptors (Lipinski definition) is 7. The van der Waals surface area contributed by atoms with Crippen LogP contribution in [0.25, 0.3) is 0 Å². The minimum absolute atomic E-state index is 0.227. The maximum Gasteiger partial charge on any atom is 0.338 e. The van der Waals surface area contributed by atoms with Gasteiger partial charge in [-0.05, 0) is 38.7 Å². The van der Waals surface area contributed by atoms with Gasteiger partial charge in [-0.25, -0.2) is 14.2 Å². The summed E-state index contributed by atoms with van der Waals surface area (Å²) < 4.78 is 19.7. The molecule has 30 heavy (non-hydrogen) atoms. The number of likely N-dealkylation sites (N-methyl/N-ethyl adjacent to an activating group) is 1. The van der Waals surface area contributed by atoms with Crippen molar-refractivity contribution in [2.45, 2.75) is 25.4 Å². The molecular weight excluding hydrogens is 471 g/mol. The van der Waals surface area contributed by atoms with Gasteiger partial charge in [0.2, 0.25) is 0 Å². The summed E-state index contributed by atoms with van der Waals surface area (Å²) >= 11 is 4.96. The van der Waals surface area contributed by atoms with Gasteiger partial charge in [-0.1, -0.05) is 22.0 Å². The molecule has 0 spiro atoms. The van der Waals surface area contributed by atoms with E-state index < -0.39 is 6.04 Å². The lowest BCUT2D eigenvalue weighted by atomic mass is 9.94. The number of halogens is 2. The minimum atomic E-state index is -0.606. The summed E-state index contributed by atoms with van der Waals surface area (Å²) in [6.45, 7) is 2.77. The number of esters is 1. The summed E-state index contributed by atoms with van der Waals surface area (Å²) in [6.07, 6.45) is 2.44. The van der Waals surface area contributed by atoms with Gasteiger partial charge in [-0.3, -0.25) is 4.99 Å². The molecule has 1 fully saturated rings. The lowest BCUT2D eigenvalue weighted by Gasteiger charge is -2.32. The van der Waals surface area contributed by atoms with Crippen LogP contribution in [0.15, 0.2) is 50.5 Å². The summed E-state index contributed by atoms with van der Waals surface area (Å²) in [5, 5.41) is 2.70. The summed E-state index contributed by atoms with van der Waals surface area (Å²) in [4.78, 5) is 26.7. The molecule has 1 aromatic carbocycles. The molecule has 2 aliphatic rings. The number of aliphatic imine (C=N–C) groups is 1. The zero-order chi connectivity index (χ0) is 21.4. The molecule has 1 aromatic heterocycles. The second-order valence-corrected chi connectivity index (χ2v) is 9.12. The van der Waals surface area contributed by atoms with Crippen LogP contribution >= 0.6 is 27.3 Å². The number of benzene rings is 1. The second kappa shape index (κ2) is 8.56. The number of aromatic nitrogens is 1. The van der Waals surface area contributed by atoms with Crippen LogP contribution in [0.1, 0.15) is 30.0 Å². The SMILES string of the molecule is CCOC(=O)C1=C2C[C@H](N(C)C)CN2C(c2nccs2)=N[C@H]1c1ccc(F)cc1Br. The van der Waals surface area contributed by atoms with Crippen molar-refractivity contribution in [3.63, 3.8) is 0 Å². The van der Waals surface area contributed by atoms with Gasteiger partial charge in [0.15, 0.2) is 10.8 Å². The summed E-state index contributed by atoms with van der Waals surface area (Å²) in [5.41, 5.74) is 2.12. The Balaban J connectivity index is 1.91. The molecule has 2 atom stereocenters. The number of carbonyl (C=O) groups is 1. The second-order valence-electron chi connectivity index (χ2n) is 7.37. The van der Waals surface area contributed by atoms with E-state index in [0.29, 0.717) is 28.6 Å². The topological polar surface area (TPSA) is 58.0 Å². The molecule has 4 rings (SSSR count). The highest BCUT2D eigenvalue weighted by molar-refractivity contribution is 9.10. The van der Waals surface area contributed by atoms with E-state index in [0.717, 1.165) is 16.5 Å². The van der Waals surface area contributed by atoms with E-state index in [9.17, 15) is 9.18 Å². The Morgan fingerprint density at radius 1 is 1.43 bits per heavy atom. The first kappa shape index (κ1) is 21.1. The van der Waals surface area contributed by atoms with Crippen LogP contribution in [0.4, 0.5) is 4.39 Å². The van der Waals surface area contributed by atoms with Crippen LogP contribution in [0.3, 0.4) is 0 Å². The van der Waals surface area contributed by atoms with Gasteiger partial charge < -0.3 is 14.5 Å². The molecule has 0 N–H and O–H groups in total. The molecule has 2 aliphatic heterocycles. The molecule has 9 heteroatoms. The number of rotatable bonds is 5. The number of amidine groups is 1. The highest BCUT2D eigenvalue weighted by Crippen LogP contribution is 2.43. The number of carbonyl (C=O) groups excluding carboxylic acids is 1. The third kappa shape index (κ3) is 3.81. The van der Waals surface area contributed by atoms with Gasteiger partial charge in [0, 0.05) is 40.8 Å². The summed E-state index contributed by atoms with van der Waals surface area (Å²) in [6, 6.07) is 4.07. The summed E-state index contributed by atoms with van der Waals surface area (Å²) in [5.74, 6) is -0.00948. The molecule has 3 heterocycles. The first-order valence-electron chi connectivity index (χ1n) is 9.67. The van der Waals surface area contributed by atoms with E-state index in [1.54, 1.807) is 19.2 Å². The first-order chi connectivity index (χ1) is 14.4. The largest absolute Gasteiger partial charge is 0.463 e. The molecule has 0 unspecified atom stereocenters. The Morgan fingerprint density at radius 3 is 2.87 bits per heavy atom. The number of nitrogens with zero attached hydrogens (tertiary/aromatic N) is 4.